The molecule has 2 N–H and O–H groups in total. The monoisotopic (exact) mass is 616 g/mol. The van der Waals surface area contributed by atoms with Crippen molar-refractivity contribution in [1.29, 1.82) is 0 Å². The van der Waals surface area contributed by atoms with Crippen LogP contribution in [0.15, 0.2) is 41.1 Å². The zero-order chi connectivity index (χ0) is 25.8. The number of rotatable bonds is 15. The number of aliphatic hydroxyl groups excluding tert-OH is 1. The molecular formula is C29H49IN2O4. The Hall–Kier alpha value is -0.740. The Balaban J connectivity index is 1.43. The number of hydrogen-bond acceptors (Lipinski definition) is 6. The van der Waals surface area contributed by atoms with Crippen LogP contribution in [0.5, 0.6) is 0 Å². The van der Waals surface area contributed by atoms with E-state index >= 15 is 0 Å². The summed E-state index contributed by atoms with van der Waals surface area (Å²) in [4.78, 5) is 0. The molecule has 2 aliphatic carbocycles. The molecule has 5 atom stereocenters. The first-order valence-electron chi connectivity index (χ1n) is 14.1. The van der Waals surface area contributed by atoms with Crippen molar-refractivity contribution >= 4 is 26.4 Å². The van der Waals surface area contributed by atoms with Crippen LogP contribution >= 0.6 is 20.6 Å². The molecule has 3 aliphatic rings. The zero-order valence-electron chi connectivity index (χ0n) is 22.7. The number of allylic oxidation sites excluding steroid dienone is 2. The van der Waals surface area contributed by atoms with E-state index in [2.05, 4.69) is 56.2 Å². The van der Waals surface area contributed by atoms with Crippen molar-refractivity contribution in [3.05, 3.63) is 36.0 Å². The van der Waals surface area contributed by atoms with Crippen LogP contribution in [-0.4, -0.2) is 61.7 Å². The second-order valence-corrected chi connectivity index (χ2v) is 13.9. The summed E-state index contributed by atoms with van der Waals surface area (Å²) in [5.41, 5.74) is 2.67. The van der Waals surface area contributed by atoms with Gasteiger partial charge in [-0.2, -0.15) is 0 Å². The van der Waals surface area contributed by atoms with Crippen LogP contribution in [0.4, 0.5) is 0 Å². The number of halogens is 1. The normalized spacial score (nSPS) is 26.4. The van der Waals surface area contributed by atoms with Gasteiger partial charge in [0.05, 0.1) is 0 Å². The summed E-state index contributed by atoms with van der Waals surface area (Å²) < 4.78 is 22.3. The van der Waals surface area contributed by atoms with Gasteiger partial charge < -0.3 is 0 Å². The minimum atomic E-state index is -2.38. The zero-order valence-corrected chi connectivity index (χ0v) is 24.8. The van der Waals surface area contributed by atoms with Gasteiger partial charge in [0, 0.05) is 0 Å². The molecule has 0 aromatic carbocycles. The van der Waals surface area contributed by atoms with Crippen LogP contribution in [0.2, 0.25) is 0 Å². The fraction of sp³-hybridized carbons (Fsp3) is 0.759. The fourth-order valence-corrected chi connectivity index (χ4v) is 7.97. The second kappa shape index (κ2) is 16.3. The first-order chi connectivity index (χ1) is 17.5. The van der Waals surface area contributed by atoms with Crippen LogP contribution in [0, 0.1) is 11.8 Å². The van der Waals surface area contributed by atoms with Crippen molar-refractivity contribution in [2.24, 2.45) is 16.9 Å². The molecule has 6 nitrogen and oxygen atoms in total. The summed E-state index contributed by atoms with van der Waals surface area (Å²) in [6.45, 7) is 7.88. The molecule has 0 aromatic rings. The van der Waals surface area contributed by atoms with Gasteiger partial charge in [-0.1, -0.05) is 25.5 Å². The molecule has 206 valence electrons. The average Bonchev–Trinajstić information content (AvgIpc) is 3.10. The van der Waals surface area contributed by atoms with Crippen molar-refractivity contribution in [2.45, 2.75) is 103 Å². The summed E-state index contributed by atoms with van der Waals surface area (Å²) in [5.74, 6) is 1.24. The van der Waals surface area contributed by atoms with Gasteiger partial charge in [0.1, 0.15) is 0 Å². The van der Waals surface area contributed by atoms with Crippen LogP contribution in [-0.2, 0) is 7.80 Å². The Morgan fingerprint density at radius 3 is 2.83 bits per heavy atom. The number of alkyl halides is 1. The molecule has 0 saturated heterocycles. The maximum atomic E-state index is 10.2. The van der Waals surface area contributed by atoms with E-state index in [0.29, 0.717) is 12.0 Å². The van der Waals surface area contributed by atoms with Crippen molar-refractivity contribution in [3.63, 3.8) is 0 Å². The van der Waals surface area contributed by atoms with Crippen molar-refractivity contribution < 1.29 is 16.3 Å². The summed E-state index contributed by atoms with van der Waals surface area (Å²) in [5, 5.41) is 17.6. The molecule has 1 aliphatic heterocycles. The molecule has 0 saturated carbocycles. The van der Waals surface area contributed by atoms with Crippen LogP contribution in [0.25, 0.3) is 0 Å². The van der Waals surface area contributed by atoms with E-state index in [-0.39, 0.29) is 19.3 Å². The number of ether oxygens (including phenoxy) is 1. The first-order valence-corrected chi connectivity index (χ1v) is 17.5. The summed E-state index contributed by atoms with van der Waals surface area (Å²) in [6, 6.07) is 0.335. The number of nitrogens with zero attached hydrogens (tertiary/aromatic N) is 2. The van der Waals surface area contributed by atoms with E-state index in [9.17, 15) is 8.54 Å². The molecule has 0 bridgehead atoms. The standard InChI is InChI=1S/C29H49IN2O4/c1-4-10-26-19-29(32(31-26)18-17-24-11-8-6-7-9-12-24)25-13-15-28(16-14-25)35-21-27(33)22-36-30(34)20-23(3)5-2/h6,8,13-15,23-24,27-29,33-34H,4-5,7,9-12,16-22H2,1-3H3/t23-,24?,27?,28+,29?/m1/s1. The predicted molar refractivity (Wildman–Crippen MR) is 157 cm³/mol. The first kappa shape index (κ1) is 29.8. The van der Waals surface area contributed by atoms with E-state index in [1.165, 1.54) is 43.4 Å². The maximum absolute atomic E-state index is 10.2. The molecule has 1 heterocycles. The van der Waals surface area contributed by atoms with Gasteiger partial charge in [-0.25, -0.2) is 0 Å². The fourth-order valence-electron chi connectivity index (χ4n) is 4.98. The predicted octanol–water partition coefficient (Wildman–Crippen LogP) is 6.38. The third-order valence-corrected chi connectivity index (χ3v) is 10.8. The molecule has 0 amide bonds. The Morgan fingerprint density at radius 1 is 1.22 bits per heavy atom. The van der Waals surface area contributed by atoms with Gasteiger partial charge in [-0.05, 0) is 44.4 Å². The quantitative estimate of drug-likeness (QED) is 0.127. The van der Waals surface area contributed by atoms with E-state index in [4.69, 9.17) is 12.9 Å². The van der Waals surface area contributed by atoms with Crippen molar-refractivity contribution in [3.8, 4) is 0 Å². The Kier molecular flexibility index (Phi) is 13.5. The third-order valence-electron chi connectivity index (χ3n) is 7.43. The van der Waals surface area contributed by atoms with Gasteiger partial charge in [0.2, 0.25) is 0 Å². The van der Waals surface area contributed by atoms with Gasteiger partial charge in [-0.15, -0.1) is 0 Å². The molecule has 0 spiro atoms. The van der Waals surface area contributed by atoms with Gasteiger partial charge in [0.15, 0.2) is 0 Å². The molecule has 3 unspecified atom stereocenters. The molecular weight excluding hydrogens is 567 g/mol. The summed E-state index contributed by atoms with van der Waals surface area (Å²) >= 11 is -2.38. The second-order valence-electron chi connectivity index (χ2n) is 10.7. The number of hydrazone groups is 1. The van der Waals surface area contributed by atoms with Gasteiger partial charge in [0.25, 0.3) is 0 Å². The molecule has 7 heteroatoms. The number of hydrogen-bond donors (Lipinski definition) is 2. The average molecular weight is 617 g/mol. The van der Waals surface area contributed by atoms with Crippen LogP contribution in [0.1, 0.15) is 85.0 Å². The molecule has 3 rings (SSSR count). The van der Waals surface area contributed by atoms with E-state index < -0.39 is 26.8 Å². The molecule has 0 fully saturated rings. The van der Waals surface area contributed by atoms with Crippen molar-refractivity contribution in [1.82, 2.24) is 5.01 Å². The van der Waals surface area contributed by atoms with Gasteiger partial charge >= 0.3 is 158 Å². The van der Waals surface area contributed by atoms with Crippen molar-refractivity contribution in [2.75, 3.05) is 24.2 Å². The van der Waals surface area contributed by atoms with E-state index in [0.717, 1.165) is 49.0 Å². The number of aliphatic hydroxyl groups is 1. The van der Waals surface area contributed by atoms with E-state index in [1.807, 2.05) is 0 Å². The van der Waals surface area contributed by atoms with Crippen LogP contribution in [0.3, 0.4) is 0 Å². The van der Waals surface area contributed by atoms with E-state index in [1.54, 1.807) is 0 Å². The minimum absolute atomic E-state index is 0.0316. The molecule has 36 heavy (non-hydrogen) atoms. The molecule has 0 radical (unpaired) electrons. The Bertz CT molecular complexity index is 768. The Morgan fingerprint density at radius 2 is 2.08 bits per heavy atom. The third kappa shape index (κ3) is 10.2. The summed E-state index contributed by atoms with van der Waals surface area (Å²) in [6.07, 6.45) is 22.0. The summed E-state index contributed by atoms with van der Waals surface area (Å²) in [7, 11) is 0. The SMILES string of the molecule is CCCC1=NN(CCC2CC=CCCC2)C(C2=CC[C@@H](OCC(O)COI(O)C[C@H](C)CC)C=C2)C1. The topological polar surface area (TPSA) is 74.5 Å². The van der Waals surface area contributed by atoms with Gasteiger partial charge in [-0.3, -0.25) is 0 Å². The Labute approximate surface area is 227 Å². The van der Waals surface area contributed by atoms with Crippen LogP contribution < -0.4 is 0 Å². The molecule has 0 aromatic heterocycles.